The number of nitrogens with zero attached hydrogens (tertiary/aromatic N) is 2. The van der Waals surface area contributed by atoms with Crippen LogP contribution in [0.25, 0.3) is 0 Å². The van der Waals surface area contributed by atoms with Gasteiger partial charge in [0.25, 0.3) is 0 Å². The molecule has 3 nitrogen and oxygen atoms in total. The summed E-state index contributed by atoms with van der Waals surface area (Å²) in [6.07, 6.45) is 3.71. The Morgan fingerprint density at radius 3 is 2.59 bits per heavy atom. The van der Waals surface area contributed by atoms with Crippen molar-refractivity contribution >= 4 is 11.8 Å². The van der Waals surface area contributed by atoms with Gasteiger partial charge in [-0.3, -0.25) is 0 Å². The van der Waals surface area contributed by atoms with Gasteiger partial charge in [0.15, 0.2) is 5.16 Å². The quantitative estimate of drug-likeness (QED) is 0.842. The van der Waals surface area contributed by atoms with E-state index in [2.05, 4.69) is 9.97 Å². The molecule has 0 spiro atoms. The second-order valence-electron chi connectivity index (χ2n) is 3.60. The Kier molecular flexibility index (Phi) is 4.12. The smallest absolute Gasteiger partial charge is 0.192 e. The zero-order valence-corrected chi connectivity index (χ0v) is 10.4. The van der Waals surface area contributed by atoms with E-state index in [1.807, 2.05) is 31.2 Å². The second-order valence-corrected chi connectivity index (χ2v) is 4.60. The molecule has 2 aromatic rings. The minimum atomic E-state index is -0.428. The van der Waals surface area contributed by atoms with Gasteiger partial charge in [0.05, 0.1) is 6.10 Å². The summed E-state index contributed by atoms with van der Waals surface area (Å²) in [4.78, 5) is 9.35. The Hall–Kier alpha value is -1.39. The van der Waals surface area contributed by atoms with Gasteiger partial charge in [-0.25, -0.2) is 9.97 Å². The number of hydrogen-bond donors (Lipinski definition) is 1. The standard InChI is InChI=1S/C13H14N2OS/c1-2-11(16)10-6-3-4-7-12(10)17-13-14-8-5-9-15-13/h3-9,11,16H,2H2,1H3. The maximum Gasteiger partial charge on any atom is 0.192 e. The van der Waals surface area contributed by atoms with Crippen LogP contribution >= 0.6 is 11.8 Å². The Balaban J connectivity index is 2.27. The van der Waals surface area contributed by atoms with Gasteiger partial charge >= 0.3 is 0 Å². The fourth-order valence-electron chi connectivity index (χ4n) is 1.51. The molecular formula is C13H14N2OS. The number of hydrogen-bond acceptors (Lipinski definition) is 4. The van der Waals surface area contributed by atoms with Crippen LogP contribution in [0.1, 0.15) is 25.0 Å². The molecule has 0 amide bonds. The van der Waals surface area contributed by atoms with Crippen LogP contribution in [0, 0.1) is 0 Å². The molecule has 4 heteroatoms. The number of rotatable bonds is 4. The molecule has 0 radical (unpaired) electrons. The van der Waals surface area contributed by atoms with Crippen LogP contribution in [0.3, 0.4) is 0 Å². The molecular weight excluding hydrogens is 232 g/mol. The van der Waals surface area contributed by atoms with Crippen molar-refractivity contribution in [2.24, 2.45) is 0 Å². The number of benzene rings is 1. The highest BCUT2D eigenvalue weighted by atomic mass is 32.2. The van der Waals surface area contributed by atoms with Crippen molar-refractivity contribution in [3.8, 4) is 0 Å². The van der Waals surface area contributed by atoms with Crippen molar-refractivity contribution in [3.05, 3.63) is 48.3 Å². The van der Waals surface area contributed by atoms with Gasteiger partial charge in [-0.2, -0.15) is 0 Å². The maximum absolute atomic E-state index is 9.93. The Bertz CT molecular complexity index is 476. The lowest BCUT2D eigenvalue weighted by atomic mass is 10.1. The van der Waals surface area contributed by atoms with Gasteiger partial charge in [-0.15, -0.1) is 0 Å². The molecule has 2 rings (SSSR count). The highest BCUT2D eigenvalue weighted by molar-refractivity contribution is 7.99. The van der Waals surface area contributed by atoms with E-state index in [1.54, 1.807) is 18.5 Å². The molecule has 0 saturated carbocycles. The third-order valence-corrected chi connectivity index (χ3v) is 3.39. The van der Waals surface area contributed by atoms with Crippen LogP contribution in [0.15, 0.2) is 52.8 Å². The average Bonchev–Trinajstić information content (AvgIpc) is 2.40. The number of aromatic nitrogens is 2. The second kappa shape index (κ2) is 5.80. The molecule has 0 aliphatic carbocycles. The minimum absolute atomic E-state index is 0.428. The molecule has 0 aliphatic heterocycles. The maximum atomic E-state index is 9.93. The first-order valence-electron chi connectivity index (χ1n) is 5.53. The van der Waals surface area contributed by atoms with E-state index in [4.69, 9.17) is 0 Å². The van der Waals surface area contributed by atoms with Crippen molar-refractivity contribution in [2.45, 2.75) is 29.5 Å². The molecule has 0 bridgehead atoms. The van der Waals surface area contributed by atoms with Crippen LogP contribution in [0.4, 0.5) is 0 Å². The molecule has 1 atom stereocenters. The van der Waals surface area contributed by atoms with Crippen LogP contribution in [0.5, 0.6) is 0 Å². The summed E-state index contributed by atoms with van der Waals surface area (Å²) in [6.45, 7) is 1.96. The van der Waals surface area contributed by atoms with Crippen molar-refractivity contribution in [3.63, 3.8) is 0 Å². The average molecular weight is 246 g/mol. The van der Waals surface area contributed by atoms with Crippen LogP contribution < -0.4 is 0 Å². The van der Waals surface area contributed by atoms with Crippen molar-refractivity contribution in [1.82, 2.24) is 9.97 Å². The number of aliphatic hydroxyl groups is 1. The molecule has 88 valence electrons. The molecule has 17 heavy (non-hydrogen) atoms. The van der Waals surface area contributed by atoms with E-state index < -0.39 is 6.10 Å². The molecule has 1 unspecified atom stereocenters. The van der Waals surface area contributed by atoms with Gasteiger partial charge < -0.3 is 5.11 Å². The van der Waals surface area contributed by atoms with Crippen molar-refractivity contribution in [1.29, 1.82) is 0 Å². The van der Waals surface area contributed by atoms with Gasteiger partial charge in [-0.05, 0) is 35.9 Å². The lowest BCUT2D eigenvalue weighted by Gasteiger charge is -2.12. The van der Waals surface area contributed by atoms with Gasteiger partial charge in [0.2, 0.25) is 0 Å². The Labute approximate surface area is 105 Å². The van der Waals surface area contributed by atoms with E-state index in [-0.39, 0.29) is 0 Å². The summed E-state index contributed by atoms with van der Waals surface area (Å²) >= 11 is 1.48. The zero-order valence-electron chi connectivity index (χ0n) is 9.58. The minimum Gasteiger partial charge on any atom is -0.388 e. The van der Waals surface area contributed by atoms with Crippen LogP contribution in [-0.4, -0.2) is 15.1 Å². The summed E-state index contributed by atoms with van der Waals surface area (Å²) in [7, 11) is 0. The summed E-state index contributed by atoms with van der Waals surface area (Å²) in [6, 6.07) is 9.60. The zero-order chi connectivity index (χ0) is 12.1. The predicted octanol–water partition coefficient (Wildman–Crippen LogP) is 3.07. The fourth-order valence-corrected chi connectivity index (χ4v) is 2.40. The summed E-state index contributed by atoms with van der Waals surface area (Å²) < 4.78 is 0. The lowest BCUT2D eigenvalue weighted by molar-refractivity contribution is 0.171. The van der Waals surface area contributed by atoms with Crippen LogP contribution in [-0.2, 0) is 0 Å². The first kappa shape index (κ1) is 12.1. The Morgan fingerprint density at radius 1 is 1.18 bits per heavy atom. The third-order valence-electron chi connectivity index (χ3n) is 2.41. The van der Waals surface area contributed by atoms with Gasteiger partial charge in [0.1, 0.15) is 0 Å². The summed E-state index contributed by atoms with van der Waals surface area (Å²) in [5, 5.41) is 10.6. The van der Waals surface area contributed by atoms with E-state index in [1.165, 1.54) is 11.8 Å². The monoisotopic (exact) mass is 246 g/mol. The van der Waals surface area contributed by atoms with Crippen molar-refractivity contribution < 1.29 is 5.11 Å². The SMILES string of the molecule is CCC(O)c1ccccc1Sc1ncccn1. The Morgan fingerprint density at radius 2 is 1.88 bits per heavy atom. The molecule has 1 aromatic heterocycles. The highest BCUT2D eigenvalue weighted by Crippen LogP contribution is 2.31. The van der Waals surface area contributed by atoms with E-state index in [0.717, 1.165) is 10.5 Å². The first-order valence-corrected chi connectivity index (χ1v) is 6.34. The summed E-state index contributed by atoms with van der Waals surface area (Å²) in [5.41, 5.74) is 0.937. The van der Waals surface area contributed by atoms with E-state index in [9.17, 15) is 5.11 Å². The molecule has 0 saturated heterocycles. The largest absolute Gasteiger partial charge is 0.388 e. The molecule has 1 N–H and O–H groups in total. The first-order chi connectivity index (χ1) is 8.31. The summed E-state index contributed by atoms with van der Waals surface area (Å²) in [5.74, 6) is 0. The van der Waals surface area contributed by atoms with E-state index >= 15 is 0 Å². The normalized spacial score (nSPS) is 12.4. The van der Waals surface area contributed by atoms with Gasteiger partial charge in [-0.1, -0.05) is 25.1 Å². The fraction of sp³-hybridized carbons (Fsp3) is 0.231. The highest BCUT2D eigenvalue weighted by Gasteiger charge is 2.11. The van der Waals surface area contributed by atoms with Crippen molar-refractivity contribution in [2.75, 3.05) is 0 Å². The third kappa shape index (κ3) is 3.05. The van der Waals surface area contributed by atoms with Crippen LogP contribution in [0.2, 0.25) is 0 Å². The molecule has 0 fully saturated rings. The molecule has 1 aromatic carbocycles. The van der Waals surface area contributed by atoms with E-state index in [0.29, 0.717) is 11.6 Å². The molecule has 1 heterocycles. The number of aliphatic hydroxyl groups excluding tert-OH is 1. The lowest BCUT2D eigenvalue weighted by Crippen LogP contribution is -1.97. The topological polar surface area (TPSA) is 46.0 Å². The molecule has 0 aliphatic rings. The van der Waals surface area contributed by atoms with Gasteiger partial charge in [0, 0.05) is 17.3 Å². The predicted molar refractivity (Wildman–Crippen MR) is 67.8 cm³/mol.